The highest BCUT2D eigenvalue weighted by molar-refractivity contribution is 7.62. The van der Waals surface area contributed by atoms with E-state index in [-0.39, 0.29) is 18.9 Å². The zero-order valence-electron chi connectivity index (χ0n) is 7.70. The number of hydrogen-bond donors (Lipinski definition) is 0. The zero-order chi connectivity index (χ0) is 9.61. The summed E-state index contributed by atoms with van der Waals surface area (Å²) >= 11 is 0. The third-order valence-corrected chi connectivity index (χ3v) is 1.74. The quantitative estimate of drug-likeness (QED) is 0.374. The lowest BCUT2D eigenvalue weighted by molar-refractivity contribution is -0.142. The van der Waals surface area contributed by atoms with Crippen LogP contribution in [0.4, 0.5) is 0 Å². The summed E-state index contributed by atoms with van der Waals surface area (Å²) in [5, 5.41) is 0. The first kappa shape index (κ1) is 11.7. The Hall–Kier alpha value is -0.340. The first-order chi connectivity index (χ1) is 5.42. The molecule has 0 aromatic heterocycles. The second-order valence-corrected chi connectivity index (χ2v) is 6.36. The number of hydrogen-bond acceptors (Lipinski definition) is 4. The molecule has 0 radical (unpaired) electrons. The molecule has 0 saturated heterocycles. The first-order valence-electron chi connectivity index (χ1n) is 3.67. The monoisotopic (exact) mass is 194 g/mol. The molecule has 72 valence electrons. The van der Waals surface area contributed by atoms with Gasteiger partial charge in [0, 0.05) is 6.92 Å². The number of carbonyl (C=O) groups is 1. The summed E-state index contributed by atoms with van der Waals surface area (Å²) in [7, 11) is -2.09. The van der Waals surface area contributed by atoms with Crippen molar-refractivity contribution >= 4 is 13.1 Å². The van der Waals surface area contributed by atoms with Crippen LogP contribution in [0.2, 0.25) is 0 Å². The minimum absolute atomic E-state index is 0.231. The molecule has 0 atom stereocenters. The molecule has 0 aliphatic rings. The van der Waals surface area contributed by atoms with E-state index in [4.69, 9.17) is 4.74 Å². The standard InChI is InChI=1S/C7H15O4P/c1-7(8)11-5-4-10-6-12(2,3)9/h4-6H2,1-3H3. The molecule has 0 saturated carbocycles. The van der Waals surface area contributed by atoms with Gasteiger partial charge in [-0.1, -0.05) is 0 Å². The second kappa shape index (κ2) is 5.33. The summed E-state index contributed by atoms with van der Waals surface area (Å²) in [5.41, 5.74) is 0. The predicted molar refractivity (Wildman–Crippen MR) is 46.9 cm³/mol. The highest BCUT2D eigenvalue weighted by atomic mass is 31.2. The van der Waals surface area contributed by atoms with Gasteiger partial charge in [-0.2, -0.15) is 0 Å². The number of ether oxygens (including phenoxy) is 2. The number of esters is 1. The van der Waals surface area contributed by atoms with Gasteiger partial charge in [0.1, 0.15) is 13.7 Å². The molecule has 0 aliphatic heterocycles. The number of rotatable bonds is 5. The average molecular weight is 194 g/mol. The van der Waals surface area contributed by atoms with Gasteiger partial charge >= 0.3 is 5.97 Å². The van der Waals surface area contributed by atoms with Crippen LogP contribution in [0.25, 0.3) is 0 Å². The first-order valence-corrected chi connectivity index (χ1v) is 6.45. The molecule has 4 nitrogen and oxygen atoms in total. The highest BCUT2D eigenvalue weighted by Gasteiger charge is 2.05. The van der Waals surface area contributed by atoms with Crippen LogP contribution in [-0.2, 0) is 18.8 Å². The maximum absolute atomic E-state index is 11.1. The molecule has 0 heterocycles. The third kappa shape index (κ3) is 9.66. The number of carbonyl (C=O) groups excluding carboxylic acids is 1. The maximum atomic E-state index is 11.1. The van der Waals surface area contributed by atoms with Crippen molar-refractivity contribution in [2.45, 2.75) is 6.92 Å². The van der Waals surface area contributed by atoms with E-state index in [0.29, 0.717) is 6.61 Å². The van der Waals surface area contributed by atoms with Gasteiger partial charge in [0.15, 0.2) is 0 Å². The van der Waals surface area contributed by atoms with Crippen molar-refractivity contribution in [1.29, 1.82) is 0 Å². The lowest BCUT2D eigenvalue weighted by Crippen LogP contribution is -2.08. The van der Waals surface area contributed by atoms with Crippen LogP contribution in [0.1, 0.15) is 6.92 Å². The summed E-state index contributed by atoms with van der Waals surface area (Å²) in [5.74, 6) is -0.324. The largest absolute Gasteiger partial charge is 0.463 e. The van der Waals surface area contributed by atoms with E-state index in [1.807, 2.05) is 0 Å². The van der Waals surface area contributed by atoms with Crippen molar-refractivity contribution in [1.82, 2.24) is 0 Å². The van der Waals surface area contributed by atoms with Gasteiger partial charge in [-0.05, 0) is 13.3 Å². The molecule has 0 amide bonds. The van der Waals surface area contributed by atoms with Crippen LogP contribution in [0.15, 0.2) is 0 Å². The molecule has 0 rings (SSSR count). The van der Waals surface area contributed by atoms with E-state index < -0.39 is 7.14 Å². The van der Waals surface area contributed by atoms with Crippen LogP contribution >= 0.6 is 7.14 Å². The molecule has 12 heavy (non-hydrogen) atoms. The van der Waals surface area contributed by atoms with Gasteiger partial charge in [0.05, 0.1) is 13.0 Å². The van der Waals surface area contributed by atoms with Crippen molar-refractivity contribution < 1.29 is 18.8 Å². The van der Waals surface area contributed by atoms with E-state index in [0.717, 1.165) is 0 Å². The van der Waals surface area contributed by atoms with Crippen molar-refractivity contribution in [2.75, 3.05) is 32.9 Å². The maximum Gasteiger partial charge on any atom is 0.302 e. The summed E-state index contributed by atoms with van der Waals surface area (Å²) in [6, 6.07) is 0. The van der Waals surface area contributed by atoms with Crippen molar-refractivity contribution in [3.8, 4) is 0 Å². The van der Waals surface area contributed by atoms with Gasteiger partial charge in [-0.25, -0.2) is 0 Å². The van der Waals surface area contributed by atoms with Gasteiger partial charge < -0.3 is 14.0 Å². The Labute approximate surface area is 72.6 Å². The highest BCUT2D eigenvalue weighted by Crippen LogP contribution is 2.35. The lowest BCUT2D eigenvalue weighted by atomic mass is 10.7. The van der Waals surface area contributed by atoms with E-state index in [1.165, 1.54) is 6.92 Å². The molecule has 0 fully saturated rings. The van der Waals surface area contributed by atoms with Crippen molar-refractivity contribution in [2.24, 2.45) is 0 Å². The Morgan fingerprint density at radius 1 is 1.33 bits per heavy atom. The van der Waals surface area contributed by atoms with Crippen LogP contribution in [0.3, 0.4) is 0 Å². The summed E-state index contributed by atoms with van der Waals surface area (Å²) < 4.78 is 20.7. The molecular weight excluding hydrogens is 179 g/mol. The SMILES string of the molecule is CC(=O)OCCOCP(C)(C)=O. The Morgan fingerprint density at radius 3 is 2.33 bits per heavy atom. The fourth-order valence-corrected chi connectivity index (χ4v) is 1.10. The van der Waals surface area contributed by atoms with Crippen LogP contribution in [0, 0.1) is 0 Å². The summed E-state index contributed by atoms with van der Waals surface area (Å²) in [4.78, 5) is 10.3. The average Bonchev–Trinajstić information content (AvgIpc) is 1.83. The van der Waals surface area contributed by atoms with Gasteiger partial charge in [0.25, 0.3) is 0 Å². The van der Waals surface area contributed by atoms with Crippen LogP contribution in [0.5, 0.6) is 0 Å². The fraction of sp³-hybridized carbons (Fsp3) is 0.857. The third-order valence-electron chi connectivity index (χ3n) is 0.935. The fourth-order valence-electron chi connectivity index (χ4n) is 0.529. The molecule has 0 aromatic carbocycles. The van der Waals surface area contributed by atoms with E-state index >= 15 is 0 Å². The Morgan fingerprint density at radius 2 is 1.92 bits per heavy atom. The molecule has 0 aliphatic carbocycles. The van der Waals surface area contributed by atoms with Gasteiger partial charge in [0.2, 0.25) is 0 Å². The smallest absolute Gasteiger partial charge is 0.302 e. The van der Waals surface area contributed by atoms with E-state index in [2.05, 4.69) is 4.74 Å². The minimum Gasteiger partial charge on any atom is -0.463 e. The Balaban J connectivity index is 3.23. The van der Waals surface area contributed by atoms with Gasteiger partial charge in [-0.3, -0.25) is 4.79 Å². The molecular formula is C7H15O4P. The van der Waals surface area contributed by atoms with Crippen LogP contribution in [-0.4, -0.2) is 38.9 Å². The molecule has 0 unspecified atom stereocenters. The van der Waals surface area contributed by atoms with Crippen LogP contribution < -0.4 is 0 Å². The molecule has 0 N–H and O–H groups in total. The predicted octanol–water partition coefficient (Wildman–Crippen LogP) is 1.15. The summed E-state index contributed by atoms with van der Waals surface area (Å²) in [6.45, 7) is 5.18. The normalized spacial score (nSPS) is 11.2. The van der Waals surface area contributed by atoms with Crippen molar-refractivity contribution in [3.63, 3.8) is 0 Å². The molecule has 5 heteroatoms. The molecule has 0 bridgehead atoms. The molecule has 0 aromatic rings. The van der Waals surface area contributed by atoms with E-state index in [9.17, 15) is 9.36 Å². The van der Waals surface area contributed by atoms with Gasteiger partial charge in [-0.15, -0.1) is 0 Å². The topological polar surface area (TPSA) is 52.6 Å². The summed E-state index contributed by atoms with van der Waals surface area (Å²) in [6.07, 6.45) is 0.244. The van der Waals surface area contributed by atoms with E-state index in [1.54, 1.807) is 13.3 Å². The lowest BCUT2D eigenvalue weighted by Gasteiger charge is -2.07. The Kier molecular flexibility index (Phi) is 5.18. The zero-order valence-corrected chi connectivity index (χ0v) is 8.60. The molecule has 0 spiro atoms. The second-order valence-electron chi connectivity index (χ2n) is 2.95. The minimum atomic E-state index is -2.09. The van der Waals surface area contributed by atoms with Crippen molar-refractivity contribution in [3.05, 3.63) is 0 Å². The Bertz CT molecular complexity index is 184.